The zero-order valence-electron chi connectivity index (χ0n) is 41.9. The Balaban J connectivity index is 1.07. The molecule has 0 bridgehead atoms. The standard InChI is InChI=1S/C52H76N5O11PS/c1-39(2)57(40(3)4)69(67-29-12-26-53)68-46(37-66-52(41-14-8-7-9-15-41,42-18-22-44(60-5)23-19-42)43-20-24-45(61-6)25-21-43)36-65-35-34-64-33-32-63-31-30-62-28-13-27-54-49(58)17-11-10-16-48-50-47(38-70-48)55-51(59)56-50/h7-9,14-15,18-25,39-40,46-48,50H,10-13,16-17,27-38H2,1-6H3,(H,54,58)(H2,55,56,59)/t46?,47-,48+,50-,69?/m0/s1. The molecule has 0 radical (unpaired) electrons. The molecule has 0 aliphatic carbocycles. The van der Waals surface area contributed by atoms with Crippen LogP contribution in [0.1, 0.15) is 82.9 Å². The van der Waals surface area contributed by atoms with Gasteiger partial charge in [0.1, 0.15) is 23.2 Å². The summed E-state index contributed by atoms with van der Waals surface area (Å²) in [6, 6.07) is 28.7. The van der Waals surface area contributed by atoms with Gasteiger partial charge in [-0.2, -0.15) is 17.0 Å². The maximum Gasteiger partial charge on any atom is 0.315 e. The number of thioether (sulfide) groups is 1. The summed E-state index contributed by atoms with van der Waals surface area (Å²) >= 11 is 1.90. The largest absolute Gasteiger partial charge is 0.497 e. The Morgan fingerprint density at radius 2 is 1.36 bits per heavy atom. The molecule has 3 aromatic rings. The molecule has 16 nitrogen and oxygen atoms in total. The number of hydrogen-bond donors (Lipinski definition) is 3. The minimum absolute atomic E-state index is 0.0620. The summed E-state index contributed by atoms with van der Waals surface area (Å²) in [4.78, 5) is 23.9. The lowest BCUT2D eigenvalue weighted by Crippen LogP contribution is -2.39. The zero-order valence-corrected chi connectivity index (χ0v) is 43.6. The molecule has 2 unspecified atom stereocenters. The predicted octanol–water partition coefficient (Wildman–Crippen LogP) is 7.97. The van der Waals surface area contributed by atoms with Gasteiger partial charge in [0.2, 0.25) is 5.91 Å². The molecule has 18 heteroatoms. The van der Waals surface area contributed by atoms with Gasteiger partial charge in [0.25, 0.3) is 8.53 Å². The second kappa shape index (κ2) is 31.4. The first-order valence-corrected chi connectivity index (χ1v) is 26.8. The zero-order chi connectivity index (χ0) is 50.0. The Bertz CT molecular complexity index is 1930. The number of benzene rings is 3. The van der Waals surface area contributed by atoms with Crippen molar-refractivity contribution in [3.63, 3.8) is 0 Å². The highest BCUT2D eigenvalue weighted by atomic mass is 32.2. The number of unbranched alkanes of at least 4 members (excludes halogenated alkanes) is 1. The number of amides is 3. The normalized spacial score (nSPS) is 17.5. The predicted molar refractivity (Wildman–Crippen MR) is 273 cm³/mol. The number of carbonyl (C=O) groups excluding carboxylic acids is 2. The first-order chi connectivity index (χ1) is 34.1. The molecular formula is C52H76N5O11PS. The second-order valence-corrected chi connectivity index (χ2v) is 20.3. The van der Waals surface area contributed by atoms with E-state index in [9.17, 15) is 14.9 Å². The van der Waals surface area contributed by atoms with E-state index < -0.39 is 20.2 Å². The number of methoxy groups -OCH3 is 2. The fourth-order valence-corrected chi connectivity index (χ4v) is 11.7. The number of hydrogen-bond acceptors (Lipinski definition) is 14. The van der Waals surface area contributed by atoms with E-state index in [4.69, 9.17) is 42.2 Å². The fourth-order valence-electron chi connectivity index (χ4n) is 8.46. The fraction of sp³-hybridized carbons (Fsp3) is 0.596. The average Bonchev–Trinajstić information content (AvgIpc) is 3.93. The van der Waals surface area contributed by atoms with Crippen molar-refractivity contribution >= 4 is 32.2 Å². The number of carbonyl (C=O) groups is 2. The molecule has 0 spiro atoms. The van der Waals surface area contributed by atoms with E-state index in [-0.39, 0.29) is 62.3 Å². The molecule has 3 amide bonds. The number of nitriles is 1. The first-order valence-electron chi connectivity index (χ1n) is 24.6. The number of fused-ring (bicyclic) bond motifs is 1. The number of rotatable bonds is 36. The van der Waals surface area contributed by atoms with Crippen LogP contribution in [0.15, 0.2) is 78.9 Å². The summed E-state index contributed by atoms with van der Waals surface area (Å²) in [7, 11) is 1.67. The van der Waals surface area contributed by atoms with Gasteiger partial charge >= 0.3 is 6.03 Å². The van der Waals surface area contributed by atoms with Crippen molar-refractivity contribution in [2.45, 2.75) is 107 Å². The highest BCUT2D eigenvalue weighted by Gasteiger charge is 2.43. The molecule has 3 N–H and O–H groups in total. The van der Waals surface area contributed by atoms with Crippen LogP contribution in [0.25, 0.3) is 0 Å². The number of nitrogens with zero attached hydrogens (tertiary/aromatic N) is 2. The number of nitrogens with one attached hydrogen (secondary N) is 3. The lowest BCUT2D eigenvalue weighted by molar-refractivity contribution is -0.121. The van der Waals surface area contributed by atoms with E-state index in [2.05, 4.69) is 66.5 Å². The monoisotopic (exact) mass is 1010 g/mol. The van der Waals surface area contributed by atoms with Gasteiger partial charge in [-0.1, -0.05) is 61.0 Å². The van der Waals surface area contributed by atoms with Crippen LogP contribution in [0.5, 0.6) is 11.5 Å². The Morgan fingerprint density at radius 3 is 1.94 bits per heavy atom. The van der Waals surface area contributed by atoms with Crippen molar-refractivity contribution in [1.29, 1.82) is 5.26 Å². The summed E-state index contributed by atoms with van der Waals surface area (Å²) in [5, 5.41) is 18.8. The van der Waals surface area contributed by atoms with Crippen molar-refractivity contribution in [3.8, 4) is 17.6 Å². The highest BCUT2D eigenvalue weighted by Crippen LogP contribution is 2.48. The summed E-state index contributed by atoms with van der Waals surface area (Å²) in [6.45, 7) is 12.4. The van der Waals surface area contributed by atoms with Gasteiger partial charge in [-0.25, -0.2) is 9.46 Å². The third-order valence-corrected chi connectivity index (χ3v) is 15.5. The molecule has 3 aromatic carbocycles. The third kappa shape index (κ3) is 17.9. The van der Waals surface area contributed by atoms with E-state index in [1.807, 2.05) is 78.5 Å². The maximum absolute atomic E-state index is 12.3. The number of ether oxygens (including phenoxy) is 7. The Morgan fingerprint density at radius 1 is 0.771 bits per heavy atom. The molecule has 2 heterocycles. The molecule has 2 aliphatic rings. The maximum atomic E-state index is 12.3. The van der Waals surface area contributed by atoms with E-state index in [0.717, 1.165) is 59.6 Å². The molecule has 386 valence electrons. The third-order valence-electron chi connectivity index (χ3n) is 11.8. The molecule has 5 atom stereocenters. The average molecular weight is 1010 g/mol. The molecule has 5 rings (SSSR count). The Hall–Kier alpha value is -4.05. The van der Waals surface area contributed by atoms with Crippen molar-refractivity contribution in [2.75, 3.05) is 92.6 Å². The summed E-state index contributed by atoms with van der Waals surface area (Å²) in [5.41, 5.74) is 1.62. The van der Waals surface area contributed by atoms with Crippen LogP contribution >= 0.6 is 20.3 Å². The quantitative estimate of drug-likeness (QED) is 0.0221. The van der Waals surface area contributed by atoms with Crippen molar-refractivity contribution in [2.24, 2.45) is 0 Å². The summed E-state index contributed by atoms with van der Waals surface area (Å²) in [6.07, 6.45) is 3.69. The van der Waals surface area contributed by atoms with Crippen molar-refractivity contribution in [3.05, 3.63) is 95.6 Å². The van der Waals surface area contributed by atoms with E-state index >= 15 is 0 Å². The Labute approximate surface area is 421 Å². The smallest absolute Gasteiger partial charge is 0.315 e. The van der Waals surface area contributed by atoms with Crippen LogP contribution < -0.4 is 25.4 Å². The van der Waals surface area contributed by atoms with Crippen LogP contribution in [0.3, 0.4) is 0 Å². The molecule has 2 saturated heterocycles. The highest BCUT2D eigenvalue weighted by molar-refractivity contribution is 8.00. The number of urea groups is 1. The van der Waals surface area contributed by atoms with Gasteiger partial charge < -0.3 is 58.2 Å². The molecule has 0 saturated carbocycles. The molecule has 70 heavy (non-hydrogen) atoms. The van der Waals surface area contributed by atoms with Gasteiger partial charge in [0.05, 0.1) is 98.3 Å². The molecule has 2 fully saturated rings. The van der Waals surface area contributed by atoms with Crippen LogP contribution in [0, 0.1) is 11.3 Å². The van der Waals surface area contributed by atoms with Crippen molar-refractivity contribution < 1.29 is 51.8 Å². The lowest BCUT2D eigenvalue weighted by atomic mass is 9.80. The molecular weight excluding hydrogens is 934 g/mol. The van der Waals surface area contributed by atoms with Crippen LogP contribution in [-0.4, -0.2) is 145 Å². The second-order valence-electron chi connectivity index (χ2n) is 17.6. The van der Waals surface area contributed by atoms with Crippen LogP contribution in [0.2, 0.25) is 0 Å². The SMILES string of the molecule is COc1ccc(C(OCC(COCCOCCOCCOCCCNC(=O)CCCC[C@H]2SC[C@@H]3NC(=O)N[C@@H]32)OP(OCCC#N)N(C(C)C)C(C)C)(c2ccccc2)c2ccc(OC)cc2)cc1. The van der Waals surface area contributed by atoms with Crippen LogP contribution in [-0.2, 0) is 43.1 Å². The summed E-state index contributed by atoms with van der Waals surface area (Å²) < 4.78 is 57.3. The topological polar surface area (TPSA) is 180 Å². The van der Waals surface area contributed by atoms with E-state index in [1.54, 1.807) is 14.2 Å². The minimum atomic E-state index is -1.63. The van der Waals surface area contributed by atoms with Crippen molar-refractivity contribution in [1.82, 2.24) is 20.6 Å². The Kier molecular flexibility index (Phi) is 25.5. The van der Waals surface area contributed by atoms with E-state index in [0.29, 0.717) is 64.5 Å². The minimum Gasteiger partial charge on any atom is -0.497 e. The summed E-state index contributed by atoms with van der Waals surface area (Å²) in [5.74, 6) is 2.46. The molecule has 2 aliphatic heterocycles. The van der Waals surface area contributed by atoms with Gasteiger partial charge in [-0.3, -0.25) is 4.79 Å². The van der Waals surface area contributed by atoms with Gasteiger partial charge in [0.15, 0.2) is 0 Å². The van der Waals surface area contributed by atoms with Gasteiger partial charge in [-0.05, 0) is 87.9 Å². The van der Waals surface area contributed by atoms with E-state index in [1.165, 1.54) is 0 Å². The van der Waals surface area contributed by atoms with Gasteiger partial charge in [-0.15, -0.1) is 0 Å². The lowest BCUT2D eigenvalue weighted by Gasteiger charge is -2.39. The van der Waals surface area contributed by atoms with Crippen LogP contribution in [0.4, 0.5) is 4.79 Å². The molecule has 0 aromatic heterocycles. The van der Waals surface area contributed by atoms with Gasteiger partial charge in [0, 0.05) is 42.7 Å². The first kappa shape index (κ1) is 56.9.